The van der Waals surface area contributed by atoms with Crippen molar-refractivity contribution >= 4 is 23.1 Å². The number of nitrogens with zero attached hydrogens (tertiary/aromatic N) is 5. The average Bonchev–Trinajstić information content (AvgIpc) is 3.30. The average molecular weight is 383 g/mol. The smallest absolute Gasteiger partial charge is 0.214 e. The molecule has 0 N–H and O–H groups in total. The molecule has 0 bridgehead atoms. The first-order valence-corrected chi connectivity index (χ1v) is 9.74. The van der Waals surface area contributed by atoms with Crippen LogP contribution >= 0.6 is 23.1 Å². The van der Waals surface area contributed by atoms with E-state index in [1.807, 2.05) is 36.6 Å². The predicted octanol–water partition coefficient (Wildman–Crippen LogP) is 4.53. The maximum atomic E-state index is 13.0. The minimum Gasteiger partial charge on any atom is -0.240 e. The highest BCUT2D eigenvalue weighted by atomic mass is 32.2. The quantitative estimate of drug-likeness (QED) is 0.474. The third-order valence-electron chi connectivity index (χ3n) is 3.71. The van der Waals surface area contributed by atoms with Crippen molar-refractivity contribution in [1.29, 1.82) is 0 Å². The van der Waals surface area contributed by atoms with Crippen LogP contribution in [-0.4, -0.2) is 25.2 Å². The molecule has 0 spiro atoms. The van der Waals surface area contributed by atoms with Crippen molar-refractivity contribution in [3.63, 3.8) is 0 Å². The molecular formula is C18H14FN5S2. The third kappa shape index (κ3) is 3.66. The fraction of sp³-hybridized carbons (Fsp3) is 0.111. The number of tetrazole rings is 1. The van der Waals surface area contributed by atoms with E-state index in [4.69, 9.17) is 0 Å². The highest BCUT2D eigenvalue weighted by molar-refractivity contribution is 7.98. The zero-order chi connectivity index (χ0) is 17.9. The lowest BCUT2D eigenvalue weighted by atomic mass is 10.2. The summed E-state index contributed by atoms with van der Waals surface area (Å²) in [6, 6.07) is 14.4. The first kappa shape index (κ1) is 16.9. The Morgan fingerprint density at radius 3 is 2.62 bits per heavy atom. The van der Waals surface area contributed by atoms with Gasteiger partial charge in [0, 0.05) is 16.7 Å². The second kappa shape index (κ2) is 7.35. The van der Waals surface area contributed by atoms with Gasteiger partial charge in [0.1, 0.15) is 10.8 Å². The number of hydrogen-bond donors (Lipinski definition) is 0. The largest absolute Gasteiger partial charge is 0.240 e. The summed E-state index contributed by atoms with van der Waals surface area (Å²) in [7, 11) is 0. The fourth-order valence-electron chi connectivity index (χ4n) is 2.35. The Morgan fingerprint density at radius 1 is 1.08 bits per heavy atom. The van der Waals surface area contributed by atoms with Crippen LogP contribution in [0, 0.1) is 12.7 Å². The Hall–Kier alpha value is -2.58. The molecule has 0 fully saturated rings. The molecule has 130 valence electrons. The van der Waals surface area contributed by atoms with E-state index >= 15 is 0 Å². The first-order valence-electron chi connectivity index (χ1n) is 7.87. The number of halogens is 1. The van der Waals surface area contributed by atoms with Crippen LogP contribution in [0.25, 0.3) is 16.3 Å². The molecule has 5 nitrogen and oxygen atoms in total. The van der Waals surface area contributed by atoms with Crippen LogP contribution in [0.15, 0.2) is 59.1 Å². The van der Waals surface area contributed by atoms with Crippen LogP contribution < -0.4 is 0 Å². The van der Waals surface area contributed by atoms with Gasteiger partial charge in [-0.25, -0.2) is 9.37 Å². The number of rotatable bonds is 5. The maximum Gasteiger partial charge on any atom is 0.214 e. The lowest BCUT2D eigenvalue weighted by Crippen LogP contribution is -1.99. The summed E-state index contributed by atoms with van der Waals surface area (Å²) in [5.74, 6) is 0.410. The standard InChI is InChI=1S/C18H14FN5S2/c1-12-2-8-16(9-3-12)24-18(21-22-23-24)26-11-15-10-25-17(20-15)13-4-6-14(19)7-5-13/h2-10H,11H2,1H3. The van der Waals surface area contributed by atoms with Gasteiger partial charge in [-0.2, -0.15) is 4.68 Å². The molecule has 0 amide bonds. The van der Waals surface area contributed by atoms with E-state index in [-0.39, 0.29) is 5.82 Å². The van der Waals surface area contributed by atoms with Gasteiger partial charge < -0.3 is 0 Å². The molecule has 0 saturated carbocycles. The van der Waals surface area contributed by atoms with Crippen molar-refractivity contribution in [1.82, 2.24) is 25.2 Å². The molecule has 8 heteroatoms. The van der Waals surface area contributed by atoms with Gasteiger partial charge in [-0.1, -0.05) is 29.5 Å². The summed E-state index contributed by atoms with van der Waals surface area (Å²) in [4.78, 5) is 4.62. The Labute approximate surface area is 157 Å². The Kier molecular flexibility index (Phi) is 4.77. The molecule has 2 heterocycles. The van der Waals surface area contributed by atoms with Gasteiger partial charge in [0.05, 0.1) is 11.4 Å². The second-order valence-corrected chi connectivity index (χ2v) is 7.45. The maximum absolute atomic E-state index is 13.0. The zero-order valence-corrected chi connectivity index (χ0v) is 15.5. The van der Waals surface area contributed by atoms with Crippen LogP contribution in [0.1, 0.15) is 11.3 Å². The van der Waals surface area contributed by atoms with Crippen molar-refractivity contribution in [2.75, 3.05) is 0 Å². The lowest BCUT2D eigenvalue weighted by Gasteiger charge is -2.03. The Morgan fingerprint density at radius 2 is 1.85 bits per heavy atom. The van der Waals surface area contributed by atoms with E-state index in [9.17, 15) is 4.39 Å². The predicted molar refractivity (Wildman–Crippen MR) is 101 cm³/mol. The van der Waals surface area contributed by atoms with Crippen molar-refractivity contribution < 1.29 is 4.39 Å². The number of thioether (sulfide) groups is 1. The zero-order valence-electron chi connectivity index (χ0n) is 13.8. The summed E-state index contributed by atoms with van der Waals surface area (Å²) in [6.45, 7) is 2.04. The van der Waals surface area contributed by atoms with E-state index in [1.165, 1.54) is 29.5 Å². The van der Waals surface area contributed by atoms with Gasteiger partial charge in [0.2, 0.25) is 5.16 Å². The van der Waals surface area contributed by atoms with E-state index in [1.54, 1.807) is 28.2 Å². The topological polar surface area (TPSA) is 56.5 Å². The molecule has 0 aliphatic rings. The molecule has 4 rings (SSSR count). The number of hydrogen-bond acceptors (Lipinski definition) is 6. The van der Waals surface area contributed by atoms with E-state index in [0.29, 0.717) is 10.9 Å². The highest BCUT2D eigenvalue weighted by Crippen LogP contribution is 2.28. The fourth-order valence-corrected chi connectivity index (χ4v) is 4.07. The van der Waals surface area contributed by atoms with E-state index in [0.717, 1.165) is 22.0 Å². The summed E-state index contributed by atoms with van der Waals surface area (Å²) in [5.41, 5.74) is 3.97. The van der Waals surface area contributed by atoms with Gasteiger partial charge in [0.15, 0.2) is 0 Å². The van der Waals surface area contributed by atoms with Crippen molar-refractivity contribution in [3.8, 4) is 16.3 Å². The van der Waals surface area contributed by atoms with Crippen molar-refractivity contribution in [3.05, 3.63) is 71.0 Å². The van der Waals surface area contributed by atoms with Gasteiger partial charge in [0.25, 0.3) is 0 Å². The van der Waals surface area contributed by atoms with Gasteiger partial charge in [-0.05, 0) is 53.7 Å². The Bertz CT molecular complexity index is 1010. The highest BCUT2D eigenvalue weighted by Gasteiger charge is 2.11. The molecule has 0 atom stereocenters. The molecule has 0 saturated heterocycles. The monoisotopic (exact) mass is 383 g/mol. The number of benzene rings is 2. The molecule has 0 aliphatic carbocycles. The molecule has 26 heavy (non-hydrogen) atoms. The summed E-state index contributed by atoms with van der Waals surface area (Å²) in [6.07, 6.45) is 0. The van der Waals surface area contributed by atoms with Crippen LogP contribution in [0.5, 0.6) is 0 Å². The van der Waals surface area contributed by atoms with Gasteiger partial charge in [-0.3, -0.25) is 0 Å². The molecule has 0 radical (unpaired) electrons. The number of aromatic nitrogens is 5. The molecular weight excluding hydrogens is 369 g/mol. The minimum absolute atomic E-state index is 0.246. The molecule has 0 unspecified atom stereocenters. The molecule has 4 aromatic rings. The third-order valence-corrected chi connectivity index (χ3v) is 5.60. The first-order chi connectivity index (χ1) is 12.7. The summed E-state index contributed by atoms with van der Waals surface area (Å²) in [5, 5.41) is 15.6. The minimum atomic E-state index is -0.246. The van der Waals surface area contributed by atoms with Crippen molar-refractivity contribution in [2.45, 2.75) is 17.8 Å². The SMILES string of the molecule is Cc1ccc(-n2nnnc2SCc2csc(-c3ccc(F)cc3)n2)cc1. The van der Waals surface area contributed by atoms with Crippen LogP contribution in [0.3, 0.4) is 0 Å². The van der Waals surface area contributed by atoms with E-state index < -0.39 is 0 Å². The lowest BCUT2D eigenvalue weighted by molar-refractivity contribution is 0.628. The van der Waals surface area contributed by atoms with Gasteiger partial charge in [-0.15, -0.1) is 16.4 Å². The normalized spacial score (nSPS) is 11.0. The van der Waals surface area contributed by atoms with Crippen molar-refractivity contribution in [2.24, 2.45) is 0 Å². The summed E-state index contributed by atoms with van der Waals surface area (Å²) >= 11 is 3.07. The Balaban J connectivity index is 1.48. The molecule has 2 aromatic carbocycles. The number of thiazole rings is 1. The van der Waals surface area contributed by atoms with E-state index in [2.05, 4.69) is 20.5 Å². The molecule has 2 aromatic heterocycles. The van der Waals surface area contributed by atoms with Crippen LogP contribution in [0.4, 0.5) is 4.39 Å². The molecule has 0 aliphatic heterocycles. The summed E-state index contributed by atoms with van der Waals surface area (Å²) < 4.78 is 14.8. The second-order valence-electron chi connectivity index (χ2n) is 5.65. The number of aryl methyl sites for hydroxylation is 1. The van der Waals surface area contributed by atoms with Crippen LogP contribution in [-0.2, 0) is 5.75 Å². The van der Waals surface area contributed by atoms with Gasteiger partial charge >= 0.3 is 0 Å². The van der Waals surface area contributed by atoms with Crippen LogP contribution in [0.2, 0.25) is 0 Å².